The summed E-state index contributed by atoms with van der Waals surface area (Å²) in [7, 11) is 0. The van der Waals surface area contributed by atoms with Gasteiger partial charge < -0.3 is 0 Å². The van der Waals surface area contributed by atoms with Crippen LogP contribution in [-0.2, 0) is 0 Å². The maximum Gasteiger partial charge on any atom is 0.284 e. The van der Waals surface area contributed by atoms with E-state index < -0.39 is 11.6 Å². The van der Waals surface area contributed by atoms with Crippen LogP contribution in [0.25, 0.3) is 16.9 Å². The van der Waals surface area contributed by atoms with E-state index in [1.54, 1.807) is 0 Å². The Morgan fingerprint density at radius 3 is 2.58 bits per heavy atom. The average molecular weight is 353 g/mol. The molecule has 0 aliphatic carbocycles. The first kappa shape index (κ1) is 16.1. The van der Waals surface area contributed by atoms with Crippen LogP contribution >= 0.6 is 0 Å². The van der Waals surface area contributed by atoms with Crippen molar-refractivity contribution in [1.29, 1.82) is 0 Å². The molecule has 2 aromatic carbocycles. The first-order chi connectivity index (χ1) is 12.6. The minimum atomic E-state index is -0.819. The van der Waals surface area contributed by atoms with Crippen molar-refractivity contribution < 1.29 is 8.78 Å². The molecule has 2 heterocycles. The topological polar surface area (TPSA) is 65.6 Å². The summed E-state index contributed by atoms with van der Waals surface area (Å²) in [6.07, 6.45) is 1.38. The molecule has 0 N–H and O–H groups in total. The van der Waals surface area contributed by atoms with Crippen LogP contribution in [0.2, 0.25) is 0 Å². The third-order valence-electron chi connectivity index (χ3n) is 4.23. The Kier molecular flexibility index (Phi) is 3.80. The lowest BCUT2D eigenvalue weighted by Gasteiger charge is -2.14. The highest BCUT2D eigenvalue weighted by molar-refractivity contribution is 5.70. The van der Waals surface area contributed by atoms with Crippen LogP contribution in [0.1, 0.15) is 18.5 Å². The number of aromatic nitrogens is 5. The van der Waals surface area contributed by atoms with Gasteiger partial charge in [-0.2, -0.15) is 4.68 Å². The molecule has 6 nitrogen and oxygen atoms in total. The van der Waals surface area contributed by atoms with Crippen molar-refractivity contribution in [2.24, 2.45) is 0 Å². The second-order valence-electron chi connectivity index (χ2n) is 5.81. The van der Waals surface area contributed by atoms with Crippen molar-refractivity contribution in [3.05, 3.63) is 82.4 Å². The number of hydrogen-bond donors (Lipinski definition) is 0. The molecule has 0 bridgehead atoms. The van der Waals surface area contributed by atoms with E-state index in [2.05, 4.69) is 15.3 Å². The summed E-state index contributed by atoms with van der Waals surface area (Å²) in [5.74, 6) is -1.52. The lowest BCUT2D eigenvalue weighted by molar-refractivity contribution is 0.572. The summed E-state index contributed by atoms with van der Waals surface area (Å²) in [5, 5.41) is 7.67. The molecule has 2 aromatic heterocycles. The normalized spacial score (nSPS) is 12.4. The van der Waals surface area contributed by atoms with E-state index in [0.29, 0.717) is 0 Å². The fraction of sp³-hybridized carbons (Fsp3) is 0.111. The maximum atomic E-state index is 14.0. The summed E-state index contributed by atoms with van der Waals surface area (Å²) in [6.45, 7) is 1.87. The number of rotatable bonds is 3. The highest BCUT2D eigenvalue weighted by atomic mass is 19.1. The summed E-state index contributed by atoms with van der Waals surface area (Å²) >= 11 is 0. The van der Waals surface area contributed by atoms with Gasteiger partial charge in [-0.15, -0.1) is 5.10 Å². The van der Waals surface area contributed by atoms with Crippen LogP contribution in [0.4, 0.5) is 8.78 Å². The van der Waals surface area contributed by atoms with Gasteiger partial charge in [0.05, 0.1) is 6.04 Å². The Labute approximate surface area is 146 Å². The number of nitrogens with zero attached hydrogens (tertiary/aromatic N) is 5. The number of fused-ring (bicyclic) bond motifs is 1. The Balaban J connectivity index is 1.85. The molecule has 4 aromatic rings. The lowest BCUT2D eigenvalue weighted by Crippen LogP contribution is -2.24. The minimum absolute atomic E-state index is 0.0130. The average Bonchev–Trinajstić information content (AvgIpc) is 3.07. The Morgan fingerprint density at radius 2 is 1.85 bits per heavy atom. The molecule has 8 heteroatoms. The van der Waals surface area contributed by atoms with Crippen molar-refractivity contribution in [3.63, 3.8) is 0 Å². The van der Waals surface area contributed by atoms with Crippen LogP contribution in [0, 0.1) is 11.6 Å². The number of halogens is 2. The quantitative estimate of drug-likeness (QED) is 0.568. The second-order valence-corrected chi connectivity index (χ2v) is 5.81. The van der Waals surface area contributed by atoms with E-state index in [-0.39, 0.29) is 28.5 Å². The van der Waals surface area contributed by atoms with Gasteiger partial charge in [-0.05, 0) is 24.6 Å². The van der Waals surface area contributed by atoms with Crippen molar-refractivity contribution in [2.75, 3.05) is 0 Å². The zero-order chi connectivity index (χ0) is 18.3. The lowest BCUT2D eigenvalue weighted by atomic mass is 10.1. The van der Waals surface area contributed by atoms with Crippen LogP contribution < -0.4 is 5.56 Å². The molecule has 0 saturated heterocycles. The van der Waals surface area contributed by atoms with Crippen molar-refractivity contribution in [2.45, 2.75) is 13.0 Å². The van der Waals surface area contributed by atoms with E-state index in [9.17, 15) is 13.6 Å². The molecule has 130 valence electrons. The Bertz CT molecular complexity index is 1150. The van der Waals surface area contributed by atoms with Gasteiger partial charge in [0.2, 0.25) is 0 Å². The zero-order valence-electron chi connectivity index (χ0n) is 13.7. The Morgan fingerprint density at radius 1 is 1.08 bits per heavy atom. The molecule has 4 rings (SSSR count). The van der Waals surface area contributed by atoms with Crippen LogP contribution in [-0.4, -0.2) is 24.5 Å². The molecule has 0 amide bonds. The standard InChI is InChI=1S/C18H13F2N5O/c1-11(12-5-3-2-4-6-12)24-10-21-17-16(18(24)26)22-23-25(17)15-8-7-13(19)9-14(15)20/h2-11H,1H3. The van der Waals surface area contributed by atoms with E-state index in [1.165, 1.54) is 17.0 Å². The van der Waals surface area contributed by atoms with Gasteiger partial charge in [-0.1, -0.05) is 35.5 Å². The van der Waals surface area contributed by atoms with Gasteiger partial charge in [-0.3, -0.25) is 9.36 Å². The predicted octanol–water partition coefficient (Wildman–Crippen LogP) is 2.86. The SMILES string of the molecule is CC(c1ccccc1)n1cnc2c(nnn2-c2ccc(F)cc2F)c1=O. The van der Waals surface area contributed by atoms with Gasteiger partial charge in [0.1, 0.15) is 17.8 Å². The first-order valence-electron chi connectivity index (χ1n) is 7.89. The van der Waals surface area contributed by atoms with Gasteiger partial charge in [0.25, 0.3) is 5.56 Å². The molecular formula is C18H13F2N5O. The zero-order valence-corrected chi connectivity index (χ0v) is 13.7. The van der Waals surface area contributed by atoms with Gasteiger partial charge in [0, 0.05) is 6.07 Å². The molecule has 0 saturated carbocycles. The third-order valence-corrected chi connectivity index (χ3v) is 4.23. The summed E-state index contributed by atoms with van der Waals surface area (Å²) < 4.78 is 29.7. The van der Waals surface area contributed by atoms with Crippen LogP contribution in [0.5, 0.6) is 0 Å². The molecule has 0 spiro atoms. The molecule has 0 aliphatic heterocycles. The molecule has 1 atom stereocenters. The third kappa shape index (κ3) is 2.55. The van der Waals surface area contributed by atoms with Gasteiger partial charge in [0.15, 0.2) is 17.0 Å². The first-order valence-corrected chi connectivity index (χ1v) is 7.89. The smallest absolute Gasteiger partial charge is 0.284 e. The summed E-state index contributed by atoms with van der Waals surface area (Å²) in [6, 6.07) is 12.3. The fourth-order valence-corrected chi connectivity index (χ4v) is 2.81. The second kappa shape index (κ2) is 6.14. The number of benzene rings is 2. The van der Waals surface area contributed by atoms with E-state index in [4.69, 9.17) is 0 Å². The minimum Gasteiger partial charge on any atom is -0.290 e. The molecule has 0 radical (unpaired) electrons. The molecule has 0 fully saturated rings. The van der Waals surface area contributed by atoms with E-state index in [0.717, 1.165) is 22.4 Å². The summed E-state index contributed by atoms with van der Waals surface area (Å²) in [5.41, 5.74) is 0.638. The maximum absolute atomic E-state index is 14.0. The summed E-state index contributed by atoms with van der Waals surface area (Å²) in [4.78, 5) is 17.0. The molecule has 0 aliphatic rings. The van der Waals surface area contributed by atoms with Crippen molar-refractivity contribution in [1.82, 2.24) is 24.5 Å². The molecule has 26 heavy (non-hydrogen) atoms. The fourth-order valence-electron chi connectivity index (χ4n) is 2.81. The van der Waals surface area contributed by atoms with Crippen molar-refractivity contribution in [3.8, 4) is 5.69 Å². The molecular weight excluding hydrogens is 340 g/mol. The molecule has 1 unspecified atom stereocenters. The predicted molar refractivity (Wildman–Crippen MR) is 91.1 cm³/mol. The number of hydrogen-bond acceptors (Lipinski definition) is 4. The largest absolute Gasteiger partial charge is 0.290 e. The monoisotopic (exact) mass is 353 g/mol. The Hall–Kier alpha value is -3.42. The van der Waals surface area contributed by atoms with Crippen LogP contribution in [0.3, 0.4) is 0 Å². The highest BCUT2D eigenvalue weighted by Gasteiger charge is 2.18. The highest BCUT2D eigenvalue weighted by Crippen LogP contribution is 2.19. The van der Waals surface area contributed by atoms with Crippen molar-refractivity contribution >= 4 is 11.2 Å². The van der Waals surface area contributed by atoms with E-state index in [1.807, 2.05) is 37.3 Å². The van der Waals surface area contributed by atoms with Gasteiger partial charge >= 0.3 is 0 Å². The van der Waals surface area contributed by atoms with Crippen LogP contribution in [0.15, 0.2) is 59.7 Å². The van der Waals surface area contributed by atoms with Gasteiger partial charge in [-0.25, -0.2) is 13.8 Å². The van der Waals surface area contributed by atoms with E-state index >= 15 is 0 Å².